The van der Waals surface area contributed by atoms with E-state index in [9.17, 15) is 24.2 Å². The van der Waals surface area contributed by atoms with Crippen molar-refractivity contribution in [1.29, 1.82) is 0 Å². The third-order valence-electron chi connectivity index (χ3n) is 8.46. The number of hydrogen-bond acceptors (Lipinski definition) is 9. The molecule has 0 aliphatic heterocycles. The first kappa shape index (κ1) is 51.7. The van der Waals surface area contributed by atoms with Gasteiger partial charge in [0.25, 0.3) is 0 Å². The second-order valence-electron chi connectivity index (χ2n) is 13.7. The highest BCUT2D eigenvalue weighted by Crippen LogP contribution is 2.43. The van der Waals surface area contributed by atoms with Crippen LogP contribution in [0.3, 0.4) is 0 Å². The number of phosphoric ester groups is 1. The predicted octanol–water partition coefficient (Wildman–Crippen LogP) is 10.7. The second kappa shape index (κ2) is 38.9. The molecule has 0 heterocycles. The molecule has 0 saturated heterocycles. The van der Waals surface area contributed by atoms with E-state index in [2.05, 4.69) is 32.1 Å². The van der Waals surface area contributed by atoms with Crippen LogP contribution < -0.4 is 5.73 Å². The van der Waals surface area contributed by atoms with Crippen LogP contribution in [0.5, 0.6) is 0 Å². The number of ether oxygens (including phenoxy) is 2. The van der Waals surface area contributed by atoms with Crippen molar-refractivity contribution in [2.45, 2.75) is 174 Å². The molecule has 1 unspecified atom stereocenters. The predicted molar refractivity (Wildman–Crippen MR) is 221 cm³/mol. The Bertz CT molecular complexity index is 1090. The number of phosphoric acid groups is 1. The third-order valence-corrected chi connectivity index (χ3v) is 9.44. The second-order valence-corrected chi connectivity index (χ2v) is 15.2. The van der Waals surface area contributed by atoms with E-state index in [-0.39, 0.29) is 32.6 Å². The van der Waals surface area contributed by atoms with Crippen molar-refractivity contribution in [2.75, 3.05) is 26.4 Å². The molecule has 0 amide bonds. The summed E-state index contributed by atoms with van der Waals surface area (Å²) in [6.07, 6.45) is 41.4. The Morgan fingerprint density at radius 1 is 0.648 bits per heavy atom. The molecule has 0 spiro atoms. The summed E-state index contributed by atoms with van der Waals surface area (Å²) in [5.41, 5.74) is 5.33. The van der Waals surface area contributed by atoms with Gasteiger partial charge in [0.05, 0.1) is 19.3 Å². The topological polar surface area (TPSA) is 155 Å². The monoisotopic (exact) mass is 782 g/mol. The number of nitrogens with two attached hydrogens (primary N) is 1. The minimum absolute atomic E-state index is 0.0309. The van der Waals surface area contributed by atoms with Gasteiger partial charge in [-0.25, -0.2) is 4.57 Å². The summed E-state index contributed by atoms with van der Waals surface area (Å²) in [5.74, 6) is -0.950. The highest BCUT2D eigenvalue weighted by molar-refractivity contribution is 7.47. The van der Waals surface area contributed by atoms with E-state index in [1.165, 1.54) is 64.2 Å². The lowest BCUT2D eigenvalue weighted by Crippen LogP contribution is -2.29. The normalized spacial score (nSPS) is 14.5. The summed E-state index contributed by atoms with van der Waals surface area (Å²) in [4.78, 5) is 34.8. The molecule has 0 bridgehead atoms. The van der Waals surface area contributed by atoms with Crippen LogP contribution in [0.2, 0.25) is 0 Å². The van der Waals surface area contributed by atoms with Crippen LogP contribution in [0.1, 0.15) is 162 Å². The Morgan fingerprint density at radius 3 is 1.91 bits per heavy atom. The standard InChI is InChI=1S/C43H76NO9P/c1-3-5-7-9-11-12-13-14-15-16-17-18-22-26-30-34-42(46)50-38-41(39-52-54(48,49)51-37-36-44)53-43(47)35-31-27-23-19-21-25-29-33-40(45)32-28-24-20-10-8-6-4-2/h14-15,19-20,23-25,28-29,32,40-41,45H,3-13,16-18,21-22,26-27,30-31,33-39,44H2,1-2H3,(H,48,49)/b15-14-,23-19+,24-20-,29-25-,32-28-/t40-,41+/m0/s1. The molecule has 0 aliphatic rings. The molecule has 0 aromatic rings. The number of rotatable bonds is 38. The lowest BCUT2D eigenvalue weighted by atomic mass is 10.1. The van der Waals surface area contributed by atoms with Gasteiger partial charge in [-0.3, -0.25) is 18.6 Å². The number of carbonyl (C=O) groups excluding carboxylic acids is 2. The van der Waals surface area contributed by atoms with E-state index < -0.39 is 38.6 Å². The maximum Gasteiger partial charge on any atom is 0.472 e. The molecule has 0 aromatic heterocycles. The minimum atomic E-state index is -4.41. The van der Waals surface area contributed by atoms with E-state index in [0.29, 0.717) is 32.1 Å². The summed E-state index contributed by atoms with van der Waals surface area (Å²) >= 11 is 0. The lowest BCUT2D eigenvalue weighted by molar-refractivity contribution is -0.161. The highest BCUT2D eigenvalue weighted by Gasteiger charge is 2.25. The van der Waals surface area contributed by atoms with Gasteiger partial charge < -0.3 is 25.2 Å². The molecular formula is C43H76NO9P. The molecule has 11 heteroatoms. The molecular weight excluding hydrogens is 705 g/mol. The number of aliphatic hydroxyl groups excluding tert-OH is 1. The van der Waals surface area contributed by atoms with E-state index in [1.54, 1.807) is 6.08 Å². The van der Waals surface area contributed by atoms with Crippen molar-refractivity contribution in [2.24, 2.45) is 5.73 Å². The quantitative estimate of drug-likeness (QED) is 0.0181. The van der Waals surface area contributed by atoms with Gasteiger partial charge in [-0.15, -0.1) is 0 Å². The molecule has 0 rings (SSSR count). The lowest BCUT2D eigenvalue weighted by Gasteiger charge is -2.19. The van der Waals surface area contributed by atoms with Crippen molar-refractivity contribution in [1.82, 2.24) is 0 Å². The Hall–Kier alpha value is -2.33. The van der Waals surface area contributed by atoms with Crippen LogP contribution in [0.15, 0.2) is 60.8 Å². The first-order chi connectivity index (χ1) is 26.2. The minimum Gasteiger partial charge on any atom is -0.462 e. The molecule has 54 heavy (non-hydrogen) atoms. The van der Waals surface area contributed by atoms with Gasteiger partial charge in [-0.2, -0.15) is 0 Å². The zero-order valence-electron chi connectivity index (χ0n) is 33.8. The Balaban J connectivity index is 4.37. The van der Waals surface area contributed by atoms with Gasteiger partial charge in [-0.05, 0) is 70.6 Å². The maximum atomic E-state index is 12.5. The van der Waals surface area contributed by atoms with E-state index in [0.717, 1.165) is 38.5 Å². The molecule has 0 saturated carbocycles. The summed E-state index contributed by atoms with van der Waals surface area (Å²) in [7, 11) is -4.41. The van der Waals surface area contributed by atoms with Crippen molar-refractivity contribution in [3.63, 3.8) is 0 Å². The summed E-state index contributed by atoms with van der Waals surface area (Å²) in [6.45, 7) is 3.51. The average Bonchev–Trinajstić information content (AvgIpc) is 3.15. The molecule has 0 aliphatic carbocycles. The van der Waals surface area contributed by atoms with Crippen molar-refractivity contribution in [3.05, 3.63) is 60.8 Å². The van der Waals surface area contributed by atoms with Gasteiger partial charge in [-0.1, -0.05) is 139 Å². The van der Waals surface area contributed by atoms with Gasteiger partial charge in [0.1, 0.15) is 6.61 Å². The fourth-order valence-corrected chi connectivity index (χ4v) is 6.05. The van der Waals surface area contributed by atoms with E-state index in [1.807, 2.05) is 36.5 Å². The van der Waals surface area contributed by atoms with Gasteiger partial charge >= 0.3 is 19.8 Å². The summed E-state index contributed by atoms with van der Waals surface area (Å²) < 4.78 is 32.6. The average molecular weight is 782 g/mol. The van der Waals surface area contributed by atoms with Crippen LogP contribution in [0.4, 0.5) is 0 Å². The van der Waals surface area contributed by atoms with Crippen LogP contribution >= 0.6 is 7.82 Å². The number of allylic oxidation sites excluding steroid dienone is 8. The largest absolute Gasteiger partial charge is 0.472 e. The Kier molecular flexibility index (Phi) is 37.2. The van der Waals surface area contributed by atoms with Crippen LogP contribution in [0, 0.1) is 0 Å². The van der Waals surface area contributed by atoms with Crippen molar-refractivity contribution < 1.29 is 42.7 Å². The smallest absolute Gasteiger partial charge is 0.462 e. The van der Waals surface area contributed by atoms with Crippen LogP contribution in [-0.4, -0.2) is 60.5 Å². The molecule has 3 atom stereocenters. The molecule has 312 valence electrons. The number of esters is 2. The highest BCUT2D eigenvalue weighted by atomic mass is 31.2. The number of carbonyl (C=O) groups is 2. The SMILES string of the molecule is CCCCC/C=C\C=C/[C@H](O)C/C=C\C/C=C/CCCC(=O)O[C@H](COC(=O)CCCCCCC/C=C\CCCCCCCC)COP(=O)(O)OCCN. The van der Waals surface area contributed by atoms with Crippen molar-refractivity contribution >= 4 is 19.8 Å². The van der Waals surface area contributed by atoms with Gasteiger partial charge in [0.2, 0.25) is 0 Å². The van der Waals surface area contributed by atoms with Gasteiger partial charge in [0.15, 0.2) is 6.10 Å². The summed E-state index contributed by atoms with van der Waals surface area (Å²) in [6, 6.07) is 0. The first-order valence-electron chi connectivity index (χ1n) is 20.9. The maximum absolute atomic E-state index is 12.5. The number of hydrogen-bond donors (Lipinski definition) is 3. The number of aliphatic hydroxyl groups is 1. The van der Waals surface area contributed by atoms with E-state index >= 15 is 0 Å². The van der Waals surface area contributed by atoms with Crippen molar-refractivity contribution in [3.8, 4) is 0 Å². The van der Waals surface area contributed by atoms with Crippen LogP contribution in [0.25, 0.3) is 0 Å². The zero-order valence-corrected chi connectivity index (χ0v) is 34.7. The molecule has 4 N–H and O–H groups in total. The fraction of sp³-hybridized carbons (Fsp3) is 0.721. The van der Waals surface area contributed by atoms with Gasteiger partial charge in [0, 0.05) is 19.4 Å². The summed E-state index contributed by atoms with van der Waals surface area (Å²) in [5, 5.41) is 10.1. The fourth-order valence-electron chi connectivity index (χ4n) is 5.29. The van der Waals surface area contributed by atoms with E-state index in [4.69, 9.17) is 24.3 Å². The first-order valence-corrected chi connectivity index (χ1v) is 22.4. The molecule has 0 aromatic carbocycles. The molecule has 0 radical (unpaired) electrons. The zero-order chi connectivity index (χ0) is 39.8. The molecule has 10 nitrogen and oxygen atoms in total. The van der Waals surface area contributed by atoms with Crippen LogP contribution in [-0.2, 0) is 32.7 Å². The Morgan fingerprint density at radius 2 is 1.20 bits per heavy atom. The molecule has 0 fully saturated rings. The number of unbranched alkanes of at least 4 members (excludes halogenated alkanes) is 15. The Labute approximate surface area is 328 Å². The third kappa shape index (κ3) is 38.0.